The molecule has 0 atom stereocenters. The van der Waals surface area contributed by atoms with Crippen molar-refractivity contribution in [3.63, 3.8) is 0 Å². The summed E-state index contributed by atoms with van der Waals surface area (Å²) in [5, 5.41) is 0.381. The third kappa shape index (κ3) is 3.06. The summed E-state index contributed by atoms with van der Waals surface area (Å²) in [6.07, 6.45) is 0. The van der Waals surface area contributed by atoms with Crippen molar-refractivity contribution in [1.82, 2.24) is 0 Å². The second-order valence-electron chi connectivity index (χ2n) is 4.03. The van der Waals surface area contributed by atoms with Gasteiger partial charge in [0.25, 0.3) is 0 Å². The molecule has 0 aliphatic heterocycles. The number of hydrogen-bond acceptors (Lipinski definition) is 3. The van der Waals surface area contributed by atoms with E-state index in [2.05, 4.69) is 0 Å². The van der Waals surface area contributed by atoms with Crippen molar-refractivity contribution in [1.29, 1.82) is 0 Å². The lowest BCUT2D eigenvalue weighted by atomic mass is 10.0. The number of anilines is 1. The normalized spacial score (nSPS) is 10.2. The highest BCUT2D eigenvalue weighted by Gasteiger charge is 2.11. The van der Waals surface area contributed by atoms with Crippen molar-refractivity contribution < 1.29 is 9.53 Å². The van der Waals surface area contributed by atoms with Crippen LogP contribution in [-0.2, 0) is 0 Å². The number of ether oxygens (including phenoxy) is 1. The average Bonchev–Trinajstić information content (AvgIpc) is 2.42. The minimum atomic E-state index is -0.108. The maximum atomic E-state index is 12.3. The SMILES string of the molecule is CCOc1cccc(C(=O)c2ccc(N)c(Cl)c2)c1. The lowest BCUT2D eigenvalue weighted by molar-refractivity contribution is 0.103. The van der Waals surface area contributed by atoms with E-state index in [0.717, 1.165) is 0 Å². The van der Waals surface area contributed by atoms with Crippen LogP contribution in [0.5, 0.6) is 5.75 Å². The van der Waals surface area contributed by atoms with Crippen molar-refractivity contribution in [3.05, 3.63) is 58.6 Å². The summed E-state index contributed by atoms with van der Waals surface area (Å²) >= 11 is 5.92. The summed E-state index contributed by atoms with van der Waals surface area (Å²) in [6, 6.07) is 11.9. The number of benzene rings is 2. The lowest BCUT2D eigenvalue weighted by Crippen LogP contribution is -2.02. The zero-order valence-corrected chi connectivity index (χ0v) is 11.3. The van der Waals surface area contributed by atoms with Gasteiger partial charge in [0.05, 0.1) is 17.3 Å². The van der Waals surface area contributed by atoms with Gasteiger partial charge in [0.1, 0.15) is 5.75 Å². The molecule has 4 heteroatoms. The number of nitrogen functional groups attached to an aromatic ring is 1. The summed E-state index contributed by atoms with van der Waals surface area (Å²) in [5.41, 5.74) is 7.16. The van der Waals surface area contributed by atoms with E-state index in [9.17, 15) is 4.79 Å². The molecule has 0 aliphatic rings. The van der Waals surface area contributed by atoms with E-state index < -0.39 is 0 Å². The Kier molecular flexibility index (Phi) is 4.07. The van der Waals surface area contributed by atoms with Gasteiger partial charge in [0.2, 0.25) is 0 Å². The molecule has 0 radical (unpaired) electrons. The Bertz CT molecular complexity index is 611. The van der Waals surface area contributed by atoms with Crippen LogP contribution in [0.2, 0.25) is 5.02 Å². The Morgan fingerprint density at radius 3 is 2.63 bits per heavy atom. The fourth-order valence-corrected chi connectivity index (χ4v) is 1.91. The molecule has 2 aromatic carbocycles. The molecule has 0 bridgehead atoms. The van der Waals surface area contributed by atoms with Gasteiger partial charge in [0.15, 0.2) is 5.78 Å². The molecule has 0 heterocycles. The highest BCUT2D eigenvalue weighted by atomic mass is 35.5. The van der Waals surface area contributed by atoms with Gasteiger partial charge in [-0.25, -0.2) is 0 Å². The highest BCUT2D eigenvalue weighted by molar-refractivity contribution is 6.33. The molecule has 2 aromatic rings. The maximum Gasteiger partial charge on any atom is 0.193 e. The van der Waals surface area contributed by atoms with Crippen LogP contribution < -0.4 is 10.5 Å². The quantitative estimate of drug-likeness (QED) is 0.686. The van der Waals surface area contributed by atoms with Crippen molar-refractivity contribution in [2.45, 2.75) is 6.92 Å². The Labute approximate surface area is 117 Å². The van der Waals surface area contributed by atoms with E-state index in [1.54, 1.807) is 36.4 Å². The first-order valence-corrected chi connectivity index (χ1v) is 6.32. The molecule has 0 spiro atoms. The smallest absolute Gasteiger partial charge is 0.193 e. The second-order valence-corrected chi connectivity index (χ2v) is 4.43. The van der Waals surface area contributed by atoms with Gasteiger partial charge in [-0.2, -0.15) is 0 Å². The predicted molar refractivity (Wildman–Crippen MR) is 76.9 cm³/mol. The third-order valence-electron chi connectivity index (χ3n) is 2.67. The molecule has 2 N–H and O–H groups in total. The first-order chi connectivity index (χ1) is 9.11. The van der Waals surface area contributed by atoms with E-state index in [1.165, 1.54) is 0 Å². The number of nitrogens with two attached hydrogens (primary N) is 1. The van der Waals surface area contributed by atoms with Gasteiger partial charge >= 0.3 is 0 Å². The van der Waals surface area contributed by atoms with Crippen molar-refractivity contribution >= 4 is 23.1 Å². The van der Waals surface area contributed by atoms with Gasteiger partial charge in [-0.05, 0) is 37.3 Å². The van der Waals surface area contributed by atoms with E-state index >= 15 is 0 Å². The fraction of sp³-hybridized carbons (Fsp3) is 0.133. The molecule has 0 amide bonds. The van der Waals surface area contributed by atoms with Gasteiger partial charge in [-0.15, -0.1) is 0 Å². The Morgan fingerprint density at radius 2 is 1.95 bits per heavy atom. The zero-order valence-electron chi connectivity index (χ0n) is 10.5. The largest absolute Gasteiger partial charge is 0.494 e. The molecule has 98 valence electrons. The molecule has 2 rings (SSSR count). The highest BCUT2D eigenvalue weighted by Crippen LogP contribution is 2.22. The standard InChI is InChI=1S/C15H14ClNO2/c1-2-19-12-5-3-4-10(8-12)15(18)11-6-7-14(17)13(16)9-11/h3-9H,2,17H2,1H3. The minimum Gasteiger partial charge on any atom is -0.494 e. The number of hydrogen-bond donors (Lipinski definition) is 1. The van der Waals surface area contributed by atoms with Crippen LogP contribution in [0, 0.1) is 0 Å². The van der Waals surface area contributed by atoms with E-state index in [0.29, 0.717) is 34.2 Å². The van der Waals surface area contributed by atoms with Crippen LogP contribution in [-0.4, -0.2) is 12.4 Å². The van der Waals surface area contributed by atoms with Crippen LogP contribution in [0.15, 0.2) is 42.5 Å². The molecule has 0 aliphatic carbocycles. The molecule has 3 nitrogen and oxygen atoms in total. The van der Waals surface area contributed by atoms with Crippen molar-refractivity contribution in [3.8, 4) is 5.75 Å². The Hall–Kier alpha value is -2.00. The second kappa shape index (κ2) is 5.76. The molecule has 0 aromatic heterocycles. The molecule has 19 heavy (non-hydrogen) atoms. The van der Waals surface area contributed by atoms with E-state index in [-0.39, 0.29) is 5.78 Å². The van der Waals surface area contributed by atoms with Crippen LogP contribution >= 0.6 is 11.6 Å². The monoisotopic (exact) mass is 275 g/mol. The molecular weight excluding hydrogens is 262 g/mol. The number of halogens is 1. The molecule has 0 unspecified atom stereocenters. The molecule has 0 saturated heterocycles. The van der Waals surface area contributed by atoms with Gasteiger partial charge in [0, 0.05) is 11.1 Å². The van der Waals surface area contributed by atoms with E-state index in [4.69, 9.17) is 22.1 Å². The summed E-state index contributed by atoms with van der Waals surface area (Å²) in [7, 11) is 0. The molecular formula is C15H14ClNO2. The number of rotatable bonds is 4. The van der Waals surface area contributed by atoms with Gasteiger partial charge < -0.3 is 10.5 Å². The van der Waals surface area contributed by atoms with Gasteiger partial charge in [-0.3, -0.25) is 4.79 Å². The number of ketones is 1. The summed E-state index contributed by atoms with van der Waals surface area (Å²) in [5.74, 6) is 0.568. The van der Waals surface area contributed by atoms with E-state index in [1.807, 2.05) is 13.0 Å². The topological polar surface area (TPSA) is 52.3 Å². The maximum absolute atomic E-state index is 12.3. The molecule has 0 saturated carbocycles. The number of carbonyl (C=O) groups is 1. The summed E-state index contributed by atoms with van der Waals surface area (Å²) in [6.45, 7) is 2.46. The Balaban J connectivity index is 2.32. The first-order valence-electron chi connectivity index (χ1n) is 5.94. The predicted octanol–water partition coefficient (Wildman–Crippen LogP) is 3.55. The van der Waals surface area contributed by atoms with Crippen molar-refractivity contribution in [2.75, 3.05) is 12.3 Å². The summed E-state index contributed by atoms with van der Waals surface area (Å²) in [4.78, 5) is 12.3. The Morgan fingerprint density at radius 1 is 1.21 bits per heavy atom. The fourth-order valence-electron chi connectivity index (χ4n) is 1.73. The van der Waals surface area contributed by atoms with Crippen LogP contribution in [0.4, 0.5) is 5.69 Å². The first kappa shape index (κ1) is 13.4. The third-order valence-corrected chi connectivity index (χ3v) is 3.00. The van der Waals surface area contributed by atoms with Crippen LogP contribution in [0.3, 0.4) is 0 Å². The van der Waals surface area contributed by atoms with Crippen molar-refractivity contribution in [2.24, 2.45) is 0 Å². The summed E-state index contributed by atoms with van der Waals surface area (Å²) < 4.78 is 5.38. The van der Waals surface area contributed by atoms with Crippen LogP contribution in [0.1, 0.15) is 22.8 Å². The lowest BCUT2D eigenvalue weighted by Gasteiger charge is -2.06. The van der Waals surface area contributed by atoms with Crippen LogP contribution in [0.25, 0.3) is 0 Å². The zero-order chi connectivity index (χ0) is 13.8. The number of carbonyl (C=O) groups excluding carboxylic acids is 1. The average molecular weight is 276 g/mol. The minimum absolute atomic E-state index is 0.108. The van der Waals surface area contributed by atoms with Gasteiger partial charge in [-0.1, -0.05) is 23.7 Å². The molecule has 0 fully saturated rings.